The number of methoxy groups -OCH3 is 1. The van der Waals surface area contributed by atoms with Crippen LogP contribution in [0.3, 0.4) is 0 Å². The van der Waals surface area contributed by atoms with Crippen molar-refractivity contribution < 1.29 is 9.53 Å². The molecule has 6 heteroatoms. The number of pyridine rings is 1. The van der Waals surface area contributed by atoms with E-state index < -0.39 is 0 Å². The van der Waals surface area contributed by atoms with Gasteiger partial charge in [-0.3, -0.25) is 4.79 Å². The predicted molar refractivity (Wildman–Crippen MR) is 136 cm³/mol. The molecule has 5 rings (SSSR count). The summed E-state index contributed by atoms with van der Waals surface area (Å²) in [6, 6.07) is 29.8. The molecule has 3 aromatic carbocycles. The number of hydrogen-bond acceptors (Lipinski definition) is 5. The normalized spacial score (nSPS) is 14.9. The predicted octanol–water partition coefficient (Wildman–Crippen LogP) is 6.15. The minimum absolute atomic E-state index is 0.0171. The van der Waals surface area contributed by atoms with Gasteiger partial charge in [-0.05, 0) is 47.5 Å². The molecule has 0 radical (unpaired) electrons. The second-order valence-electron chi connectivity index (χ2n) is 8.04. The van der Waals surface area contributed by atoms with Gasteiger partial charge >= 0.3 is 0 Å². The van der Waals surface area contributed by atoms with E-state index in [2.05, 4.69) is 16.4 Å². The van der Waals surface area contributed by atoms with Gasteiger partial charge in [-0.2, -0.15) is 0 Å². The van der Waals surface area contributed by atoms with Crippen LogP contribution < -0.4 is 10.1 Å². The number of amides is 1. The minimum Gasteiger partial charge on any atom is -0.496 e. The lowest BCUT2D eigenvalue weighted by molar-refractivity contribution is 0.0666. The van der Waals surface area contributed by atoms with E-state index in [1.807, 2.05) is 89.8 Å². The van der Waals surface area contributed by atoms with Crippen LogP contribution in [0.25, 0.3) is 0 Å². The van der Waals surface area contributed by atoms with Crippen molar-refractivity contribution in [1.29, 1.82) is 0 Å². The van der Waals surface area contributed by atoms with Gasteiger partial charge in [0.1, 0.15) is 11.9 Å². The van der Waals surface area contributed by atoms with E-state index in [-0.39, 0.29) is 12.1 Å². The van der Waals surface area contributed by atoms with Crippen LogP contribution in [-0.4, -0.2) is 22.9 Å². The first-order valence-electron chi connectivity index (χ1n) is 11.1. The molecule has 1 aliphatic rings. The largest absolute Gasteiger partial charge is 0.496 e. The Kier molecular flexibility index (Phi) is 6.49. The summed E-state index contributed by atoms with van der Waals surface area (Å²) < 4.78 is 5.64. The Labute approximate surface area is 203 Å². The molecule has 4 aromatic rings. The van der Waals surface area contributed by atoms with Crippen LogP contribution >= 0.6 is 11.8 Å². The maximum absolute atomic E-state index is 13.6. The SMILES string of the molecule is COc1ccc([C@H]2Nc3ccccc3C(=O)N2Cc2ccccc2)cc1CSc1ccccn1. The number of fused-ring (bicyclic) bond motifs is 1. The van der Waals surface area contributed by atoms with Crippen LogP contribution in [0, 0.1) is 0 Å². The number of benzene rings is 3. The Morgan fingerprint density at radius 3 is 2.56 bits per heavy atom. The molecule has 34 heavy (non-hydrogen) atoms. The number of carbonyl (C=O) groups is 1. The Bertz CT molecular complexity index is 1280. The molecule has 0 bridgehead atoms. The van der Waals surface area contributed by atoms with Crippen molar-refractivity contribution >= 4 is 23.4 Å². The van der Waals surface area contributed by atoms with E-state index in [0.717, 1.165) is 33.2 Å². The maximum Gasteiger partial charge on any atom is 0.258 e. The summed E-state index contributed by atoms with van der Waals surface area (Å²) >= 11 is 1.66. The molecule has 0 spiro atoms. The Hall–Kier alpha value is -3.77. The molecule has 1 atom stereocenters. The Morgan fingerprint density at radius 1 is 0.971 bits per heavy atom. The van der Waals surface area contributed by atoms with Crippen LogP contribution in [0.1, 0.15) is 33.2 Å². The van der Waals surface area contributed by atoms with Crippen LogP contribution in [0.2, 0.25) is 0 Å². The number of para-hydroxylation sites is 1. The zero-order valence-electron chi connectivity index (χ0n) is 18.8. The first-order chi connectivity index (χ1) is 16.7. The van der Waals surface area contributed by atoms with E-state index in [0.29, 0.717) is 17.9 Å². The third kappa shape index (κ3) is 4.63. The molecule has 5 nitrogen and oxygen atoms in total. The highest BCUT2D eigenvalue weighted by Crippen LogP contribution is 2.36. The fraction of sp³-hybridized carbons (Fsp3) is 0.143. The fourth-order valence-electron chi connectivity index (χ4n) is 4.16. The van der Waals surface area contributed by atoms with Crippen LogP contribution in [-0.2, 0) is 12.3 Å². The second kappa shape index (κ2) is 10.0. The van der Waals surface area contributed by atoms with Crippen molar-refractivity contribution in [2.24, 2.45) is 0 Å². The average molecular weight is 468 g/mol. The number of hydrogen-bond donors (Lipinski definition) is 1. The summed E-state index contributed by atoms with van der Waals surface area (Å²) in [6.45, 7) is 0.510. The summed E-state index contributed by atoms with van der Waals surface area (Å²) in [5.41, 5.74) is 4.69. The van der Waals surface area contributed by atoms with Crippen LogP contribution in [0.4, 0.5) is 5.69 Å². The first-order valence-corrected chi connectivity index (χ1v) is 12.1. The van der Waals surface area contributed by atoms with Crippen molar-refractivity contribution in [3.63, 3.8) is 0 Å². The van der Waals surface area contributed by atoms with Gasteiger partial charge in [-0.1, -0.05) is 54.6 Å². The molecule has 0 fully saturated rings. The molecule has 0 saturated carbocycles. The average Bonchev–Trinajstić information content (AvgIpc) is 2.90. The van der Waals surface area contributed by atoms with Crippen molar-refractivity contribution in [2.75, 3.05) is 12.4 Å². The van der Waals surface area contributed by atoms with Gasteiger partial charge in [0.2, 0.25) is 0 Å². The van der Waals surface area contributed by atoms with Crippen LogP contribution in [0.5, 0.6) is 5.75 Å². The summed E-state index contributed by atoms with van der Waals surface area (Å²) in [5, 5.41) is 4.56. The Balaban J connectivity index is 1.49. The molecule has 1 N–H and O–H groups in total. The quantitative estimate of drug-likeness (QED) is 0.331. The number of aromatic nitrogens is 1. The smallest absolute Gasteiger partial charge is 0.258 e. The van der Waals surface area contributed by atoms with Crippen molar-refractivity contribution in [2.45, 2.75) is 23.5 Å². The Morgan fingerprint density at radius 2 is 1.76 bits per heavy atom. The van der Waals surface area contributed by atoms with Gasteiger partial charge in [-0.15, -0.1) is 11.8 Å². The zero-order chi connectivity index (χ0) is 23.3. The minimum atomic E-state index is -0.299. The van der Waals surface area contributed by atoms with E-state index in [4.69, 9.17) is 4.74 Å². The highest BCUT2D eigenvalue weighted by molar-refractivity contribution is 7.98. The summed E-state index contributed by atoms with van der Waals surface area (Å²) in [5.74, 6) is 1.55. The summed E-state index contributed by atoms with van der Waals surface area (Å²) in [6.07, 6.45) is 1.50. The standard InChI is InChI=1S/C28H25N3O2S/c1-33-25-15-14-21(17-22(25)19-34-26-13-7-8-16-29-26)27-30-24-12-6-5-11-23(24)28(32)31(27)18-20-9-3-2-4-10-20/h2-17,27,30H,18-19H2,1H3/t27-/m0/s1. The lowest BCUT2D eigenvalue weighted by Gasteiger charge is -2.38. The summed E-state index contributed by atoms with van der Waals surface area (Å²) in [7, 11) is 1.68. The lowest BCUT2D eigenvalue weighted by atomic mass is 10.0. The zero-order valence-corrected chi connectivity index (χ0v) is 19.7. The number of nitrogens with zero attached hydrogens (tertiary/aromatic N) is 2. The van der Waals surface area contributed by atoms with Gasteiger partial charge in [-0.25, -0.2) is 4.98 Å². The third-order valence-electron chi connectivity index (χ3n) is 5.85. The molecule has 1 aliphatic heterocycles. The van der Waals surface area contributed by atoms with Crippen molar-refractivity contribution in [3.8, 4) is 5.75 Å². The highest BCUT2D eigenvalue weighted by atomic mass is 32.2. The lowest BCUT2D eigenvalue weighted by Crippen LogP contribution is -2.42. The first kappa shape index (κ1) is 22.0. The monoisotopic (exact) mass is 467 g/mol. The highest BCUT2D eigenvalue weighted by Gasteiger charge is 2.33. The molecule has 2 heterocycles. The number of thioether (sulfide) groups is 1. The third-order valence-corrected chi connectivity index (χ3v) is 6.84. The van der Waals surface area contributed by atoms with Gasteiger partial charge in [0, 0.05) is 29.7 Å². The fourth-order valence-corrected chi connectivity index (χ4v) is 5.00. The molecule has 0 unspecified atom stereocenters. The molecular weight excluding hydrogens is 442 g/mol. The van der Waals surface area contributed by atoms with Gasteiger partial charge in [0.15, 0.2) is 0 Å². The number of rotatable bonds is 7. The number of anilines is 1. The summed E-state index contributed by atoms with van der Waals surface area (Å²) in [4.78, 5) is 19.9. The van der Waals surface area contributed by atoms with E-state index >= 15 is 0 Å². The number of nitrogens with one attached hydrogen (secondary N) is 1. The van der Waals surface area contributed by atoms with Gasteiger partial charge < -0.3 is 15.0 Å². The molecule has 1 amide bonds. The number of ether oxygens (including phenoxy) is 1. The topological polar surface area (TPSA) is 54.5 Å². The maximum atomic E-state index is 13.6. The second-order valence-corrected chi connectivity index (χ2v) is 9.03. The molecule has 0 saturated heterocycles. The van der Waals surface area contributed by atoms with E-state index in [1.165, 1.54) is 0 Å². The van der Waals surface area contributed by atoms with Crippen molar-refractivity contribution in [1.82, 2.24) is 9.88 Å². The van der Waals surface area contributed by atoms with E-state index in [9.17, 15) is 4.79 Å². The molecule has 0 aliphatic carbocycles. The van der Waals surface area contributed by atoms with Crippen LogP contribution in [0.15, 0.2) is 102 Å². The van der Waals surface area contributed by atoms with Crippen molar-refractivity contribution in [3.05, 3.63) is 119 Å². The van der Waals surface area contributed by atoms with Gasteiger partial charge in [0.25, 0.3) is 5.91 Å². The molecule has 170 valence electrons. The molecule has 1 aromatic heterocycles. The van der Waals surface area contributed by atoms with E-state index in [1.54, 1.807) is 25.1 Å². The van der Waals surface area contributed by atoms with Gasteiger partial charge in [0.05, 0.1) is 17.7 Å². The number of carbonyl (C=O) groups excluding carboxylic acids is 1. The molecular formula is C28H25N3O2S.